The van der Waals surface area contributed by atoms with Gasteiger partial charge >= 0.3 is 0 Å². The summed E-state index contributed by atoms with van der Waals surface area (Å²) in [6.07, 6.45) is 0. The monoisotopic (exact) mass is 292 g/mol. The minimum atomic E-state index is -0.501. The summed E-state index contributed by atoms with van der Waals surface area (Å²) >= 11 is 0. The van der Waals surface area contributed by atoms with E-state index in [9.17, 15) is 9.18 Å². The highest BCUT2D eigenvalue weighted by molar-refractivity contribution is 5.85. The first-order valence-corrected chi connectivity index (χ1v) is 7.02. The van der Waals surface area contributed by atoms with Crippen LogP contribution in [0.5, 0.6) is 0 Å². The van der Waals surface area contributed by atoms with Gasteiger partial charge in [0.25, 0.3) is 0 Å². The molecule has 1 aromatic carbocycles. The van der Waals surface area contributed by atoms with Gasteiger partial charge in [-0.1, -0.05) is 13.8 Å². The zero-order valence-corrected chi connectivity index (χ0v) is 12.8. The second-order valence-corrected chi connectivity index (χ2v) is 5.75. The molecule has 5 nitrogen and oxygen atoms in total. The highest BCUT2D eigenvalue weighted by Crippen LogP contribution is 2.25. The Balaban J connectivity index is 2.39. The summed E-state index contributed by atoms with van der Waals surface area (Å²) in [6, 6.07) is 2.51. The maximum atomic E-state index is 13.6. The van der Waals surface area contributed by atoms with Crippen LogP contribution in [0.25, 0.3) is 11.0 Å². The molecule has 0 bridgehead atoms. The molecule has 1 heterocycles. The number of anilines is 1. The summed E-state index contributed by atoms with van der Waals surface area (Å²) < 4.78 is 15.2. The summed E-state index contributed by atoms with van der Waals surface area (Å²) in [5.41, 5.74) is 7.52. The average molecular weight is 292 g/mol. The number of aryl methyl sites for hydroxylation is 1. The second-order valence-electron chi connectivity index (χ2n) is 5.75. The lowest BCUT2D eigenvalue weighted by atomic mass is 10.2. The Morgan fingerprint density at radius 1 is 1.43 bits per heavy atom. The van der Waals surface area contributed by atoms with Crippen LogP contribution in [0.2, 0.25) is 0 Å². The predicted octanol–water partition coefficient (Wildman–Crippen LogP) is 2.40. The Kier molecular flexibility index (Phi) is 4.16. The molecule has 0 aliphatic heterocycles. The van der Waals surface area contributed by atoms with E-state index in [2.05, 4.69) is 10.3 Å². The number of amides is 1. The first-order chi connectivity index (χ1) is 9.81. The van der Waals surface area contributed by atoms with Gasteiger partial charge in [-0.05, 0) is 31.4 Å². The SMILES string of the molecule is Cc1cc2c(cc1F)nc(N)n2C(C)C(=O)NCC(C)C. The first kappa shape index (κ1) is 15.3. The number of aromatic nitrogens is 2. The molecule has 1 amide bonds. The third-order valence-corrected chi connectivity index (χ3v) is 3.45. The number of fused-ring (bicyclic) bond motifs is 1. The number of carbonyl (C=O) groups excluding carboxylic acids is 1. The lowest BCUT2D eigenvalue weighted by molar-refractivity contribution is -0.123. The number of nitrogens with two attached hydrogens (primary N) is 1. The molecule has 2 aromatic rings. The van der Waals surface area contributed by atoms with Gasteiger partial charge in [0.05, 0.1) is 11.0 Å². The Labute approximate surface area is 123 Å². The molecule has 6 heteroatoms. The van der Waals surface area contributed by atoms with Gasteiger partial charge < -0.3 is 11.1 Å². The summed E-state index contributed by atoms with van der Waals surface area (Å²) in [7, 11) is 0. The van der Waals surface area contributed by atoms with Crippen molar-refractivity contribution in [2.24, 2.45) is 5.92 Å². The van der Waals surface area contributed by atoms with E-state index in [0.717, 1.165) is 0 Å². The Hall–Kier alpha value is -2.11. The molecule has 114 valence electrons. The fourth-order valence-corrected chi connectivity index (χ4v) is 2.22. The number of halogens is 1. The lowest BCUT2D eigenvalue weighted by Crippen LogP contribution is -2.33. The number of imidazole rings is 1. The van der Waals surface area contributed by atoms with Crippen molar-refractivity contribution in [2.45, 2.75) is 33.7 Å². The van der Waals surface area contributed by atoms with E-state index in [1.807, 2.05) is 13.8 Å². The number of nitrogen functional groups attached to an aromatic ring is 1. The minimum Gasteiger partial charge on any atom is -0.369 e. The lowest BCUT2D eigenvalue weighted by Gasteiger charge is -2.17. The van der Waals surface area contributed by atoms with Gasteiger partial charge in [-0.25, -0.2) is 9.37 Å². The second kappa shape index (κ2) is 5.71. The number of benzene rings is 1. The van der Waals surface area contributed by atoms with Crippen LogP contribution in [-0.4, -0.2) is 22.0 Å². The zero-order chi connectivity index (χ0) is 15.7. The predicted molar refractivity (Wildman–Crippen MR) is 81.4 cm³/mol. The summed E-state index contributed by atoms with van der Waals surface area (Å²) in [4.78, 5) is 16.3. The Morgan fingerprint density at radius 2 is 2.10 bits per heavy atom. The van der Waals surface area contributed by atoms with Crippen LogP contribution in [0, 0.1) is 18.7 Å². The van der Waals surface area contributed by atoms with Gasteiger partial charge in [0.1, 0.15) is 11.9 Å². The molecule has 3 N–H and O–H groups in total. The van der Waals surface area contributed by atoms with E-state index in [0.29, 0.717) is 29.1 Å². The fraction of sp³-hybridized carbons (Fsp3) is 0.467. The van der Waals surface area contributed by atoms with E-state index >= 15 is 0 Å². The van der Waals surface area contributed by atoms with Crippen molar-refractivity contribution in [3.63, 3.8) is 0 Å². The van der Waals surface area contributed by atoms with Crippen LogP contribution >= 0.6 is 0 Å². The van der Waals surface area contributed by atoms with E-state index in [4.69, 9.17) is 5.73 Å². The third kappa shape index (κ3) is 2.99. The van der Waals surface area contributed by atoms with Gasteiger partial charge in [0.2, 0.25) is 11.9 Å². The van der Waals surface area contributed by atoms with Gasteiger partial charge in [0.15, 0.2) is 0 Å². The fourth-order valence-electron chi connectivity index (χ4n) is 2.22. The molecular formula is C15H21FN4O. The molecule has 1 aromatic heterocycles. The van der Waals surface area contributed by atoms with E-state index < -0.39 is 6.04 Å². The Morgan fingerprint density at radius 3 is 2.71 bits per heavy atom. The maximum absolute atomic E-state index is 13.6. The summed E-state index contributed by atoms with van der Waals surface area (Å²) in [5.74, 6) is 0.123. The quantitative estimate of drug-likeness (QED) is 0.908. The Bertz CT molecular complexity index is 678. The molecule has 0 aliphatic rings. The molecule has 0 saturated heterocycles. The molecule has 2 rings (SSSR count). The number of hydrogen-bond acceptors (Lipinski definition) is 3. The first-order valence-electron chi connectivity index (χ1n) is 7.02. The van der Waals surface area contributed by atoms with Gasteiger partial charge in [-0.3, -0.25) is 9.36 Å². The summed E-state index contributed by atoms with van der Waals surface area (Å²) in [5, 5.41) is 2.87. The van der Waals surface area contributed by atoms with Crippen LogP contribution in [0.3, 0.4) is 0 Å². The molecule has 0 radical (unpaired) electrons. The number of nitrogens with one attached hydrogen (secondary N) is 1. The third-order valence-electron chi connectivity index (χ3n) is 3.45. The van der Waals surface area contributed by atoms with Crippen molar-refractivity contribution in [1.29, 1.82) is 0 Å². The standard InChI is InChI=1S/C15H21FN4O/c1-8(2)7-18-14(21)10(4)20-13-5-9(3)11(16)6-12(13)19-15(20)17/h5-6,8,10H,7H2,1-4H3,(H2,17,19)(H,18,21). The van der Waals surface area contributed by atoms with Crippen LogP contribution < -0.4 is 11.1 Å². The number of hydrogen-bond donors (Lipinski definition) is 2. The molecule has 0 saturated carbocycles. The number of rotatable bonds is 4. The van der Waals surface area contributed by atoms with E-state index in [1.54, 1.807) is 24.5 Å². The van der Waals surface area contributed by atoms with Gasteiger partial charge in [-0.15, -0.1) is 0 Å². The van der Waals surface area contributed by atoms with Crippen molar-refractivity contribution < 1.29 is 9.18 Å². The summed E-state index contributed by atoms with van der Waals surface area (Å²) in [6.45, 7) is 8.08. The highest BCUT2D eigenvalue weighted by atomic mass is 19.1. The number of nitrogens with zero attached hydrogens (tertiary/aromatic N) is 2. The van der Waals surface area contributed by atoms with Crippen molar-refractivity contribution in [1.82, 2.24) is 14.9 Å². The molecule has 0 fully saturated rings. The largest absolute Gasteiger partial charge is 0.369 e. The van der Waals surface area contributed by atoms with Gasteiger partial charge in [-0.2, -0.15) is 0 Å². The molecule has 21 heavy (non-hydrogen) atoms. The van der Waals surface area contributed by atoms with Crippen molar-refractivity contribution in [2.75, 3.05) is 12.3 Å². The van der Waals surface area contributed by atoms with E-state index in [-0.39, 0.29) is 17.7 Å². The van der Waals surface area contributed by atoms with Crippen molar-refractivity contribution in [3.05, 3.63) is 23.5 Å². The molecule has 0 aliphatic carbocycles. The molecule has 0 spiro atoms. The smallest absolute Gasteiger partial charge is 0.242 e. The van der Waals surface area contributed by atoms with Crippen molar-refractivity contribution >= 4 is 22.9 Å². The normalized spacial score (nSPS) is 12.9. The average Bonchev–Trinajstić information content (AvgIpc) is 2.71. The number of carbonyl (C=O) groups is 1. The molecular weight excluding hydrogens is 271 g/mol. The van der Waals surface area contributed by atoms with Crippen LogP contribution in [0.1, 0.15) is 32.4 Å². The molecule has 1 unspecified atom stereocenters. The topological polar surface area (TPSA) is 72.9 Å². The van der Waals surface area contributed by atoms with Crippen LogP contribution in [0.4, 0.5) is 10.3 Å². The van der Waals surface area contributed by atoms with Crippen LogP contribution in [0.15, 0.2) is 12.1 Å². The maximum Gasteiger partial charge on any atom is 0.242 e. The van der Waals surface area contributed by atoms with E-state index in [1.165, 1.54) is 6.07 Å². The van der Waals surface area contributed by atoms with Gasteiger partial charge in [0, 0.05) is 12.6 Å². The zero-order valence-electron chi connectivity index (χ0n) is 12.8. The van der Waals surface area contributed by atoms with Crippen LogP contribution in [-0.2, 0) is 4.79 Å². The minimum absolute atomic E-state index is 0.128. The molecule has 1 atom stereocenters. The highest BCUT2D eigenvalue weighted by Gasteiger charge is 2.21. The van der Waals surface area contributed by atoms with Crippen molar-refractivity contribution in [3.8, 4) is 0 Å².